The second-order valence-corrected chi connectivity index (χ2v) is 3.73. The average Bonchev–Trinajstić information content (AvgIpc) is 1.86. The van der Waals surface area contributed by atoms with Gasteiger partial charge in [0.25, 0.3) is 0 Å². The molecule has 0 atom stereocenters. The molecule has 0 aromatic carbocycles. The maximum Gasteiger partial charge on any atom is 0.0163 e. The molecular weight excluding hydrogens is 134 g/mol. The highest BCUT2D eigenvalue weighted by atomic mass is 15.1. The van der Waals surface area contributed by atoms with Crippen molar-refractivity contribution in [1.82, 2.24) is 4.90 Å². The Morgan fingerprint density at radius 2 is 1.82 bits per heavy atom. The van der Waals surface area contributed by atoms with Crippen LogP contribution in [0.3, 0.4) is 0 Å². The first-order valence-electron chi connectivity index (χ1n) is 4.42. The fourth-order valence-electron chi connectivity index (χ4n) is 1.13. The molecule has 0 aromatic heterocycles. The number of nitrogens with zero attached hydrogens (tertiary/aromatic N) is 1. The molecule has 0 radical (unpaired) electrons. The van der Waals surface area contributed by atoms with E-state index in [1.807, 2.05) is 6.08 Å². The lowest BCUT2D eigenvalue weighted by Gasteiger charge is -2.26. The summed E-state index contributed by atoms with van der Waals surface area (Å²) >= 11 is 0. The van der Waals surface area contributed by atoms with E-state index in [0.29, 0.717) is 6.04 Å². The van der Waals surface area contributed by atoms with Gasteiger partial charge in [0.2, 0.25) is 0 Å². The molecule has 0 spiro atoms. The summed E-state index contributed by atoms with van der Waals surface area (Å²) in [6.45, 7) is 14.9. The van der Waals surface area contributed by atoms with Gasteiger partial charge in [0, 0.05) is 19.1 Å². The molecule has 0 aliphatic heterocycles. The molecule has 0 amide bonds. The fourth-order valence-corrected chi connectivity index (χ4v) is 1.13. The maximum absolute atomic E-state index is 3.75. The average molecular weight is 155 g/mol. The van der Waals surface area contributed by atoms with Crippen molar-refractivity contribution in [2.24, 2.45) is 5.92 Å². The van der Waals surface area contributed by atoms with Crippen molar-refractivity contribution < 1.29 is 0 Å². The fraction of sp³-hybridized carbons (Fsp3) is 0.800. The Labute approximate surface area is 71.1 Å². The summed E-state index contributed by atoms with van der Waals surface area (Å²) in [6, 6.07) is 0.635. The molecule has 0 aliphatic rings. The van der Waals surface area contributed by atoms with Gasteiger partial charge in [-0.05, 0) is 19.8 Å². The summed E-state index contributed by atoms with van der Waals surface area (Å²) in [7, 11) is 0. The van der Waals surface area contributed by atoms with Gasteiger partial charge in [-0.25, -0.2) is 0 Å². The zero-order chi connectivity index (χ0) is 8.85. The molecule has 0 rings (SSSR count). The highest BCUT2D eigenvalue weighted by Gasteiger charge is 2.08. The predicted octanol–water partition coefficient (Wildman–Crippen LogP) is 2.54. The predicted molar refractivity (Wildman–Crippen MR) is 51.7 cm³/mol. The second-order valence-electron chi connectivity index (χ2n) is 3.73. The molecule has 0 saturated carbocycles. The molecule has 0 heterocycles. The lowest BCUT2D eigenvalue weighted by Crippen LogP contribution is -2.34. The third-order valence-electron chi connectivity index (χ3n) is 1.69. The van der Waals surface area contributed by atoms with Crippen LogP contribution in [0, 0.1) is 5.92 Å². The minimum atomic E-state index is 0.635. The van der Waals surface area contributed by atoms with Crippen LogP contribution in [0.1, 0.15) is 27.7 Å². The SMILES string of the molecule is C=CCN(CC(C)C)C(C)C. The van der Waals surface area contributed by atoms with E-state index in [4.69, 9.17) is 0 Å². The molecule has 0 N–H and O–H groups in total. The van der Waals surface area contributed by atoms with E-state index >= 15 is 0 Å². The van der Waals surface area contributed by atoms with Crippen molar-refractivity contribution in [2.45, 2.75) is 33.7 Å². The Bertz CT molecular complexity index is 105. The zero-order valence-corrected chi connectivity index (χ0v) is 8.30. The zero-order valence-electron chi connectivity index (χ0n) is 8.30. The normalized spacial score (nSPS) is 11.5. The van der Waals surface area contributed by atoms with Gasteiger partial charge in [0.15, 0.2) is 0 Å². The third-order valence-corrected chi connectivity index (χ3v) is 1.69. The Balaban J connectivity index is 3.78. The number of hydrogen-bond donors (Lipinski definition) is 0. The second kappa shape index (κ2) is 5.36. The van der Waals surface area contributed by atoms with Crippen LogP contribution < -0.4 is 0 Å². The monoisotopic (exact) mass is 155 g/mol. The van der Waals surface area contributed by atoms with Crippen molar-refractivity contribution in [1.29, 1.82) is 0 Å². The summed E-state index contributed by atoms with van der Waals surface area (Å²) in [5.41, 5.74) is 0. The molecule has 0 saturated heterocycles. The van der Waals surface area contributed by atoms with Crippen molar-refractivity contribution >= 4 is 0 Å². The highest BCUT2D eigenvalue weighted by Crippen LogP contribution is 2.03. The van der Waals surface area contributed by atoms with Gasteiger partial charge in [0.05, 0.1) is 0 Å². The van der Waals surface area contributed by atoms with E-state index in [1.165, 1.54) is 6.54 Å². The molecule has 0 aliphatic carbocycles. The van der Waals surface area contributed by atoms with E-state index in [9.17, 15) is 0 Å². The van der Waals surface area contributed by atoms with Crippen LogP contribution in [0.4, 0.5) is 0 Å². The topological polar surface area (TPSA) is 3.24 Å². The first kappa shape index (κ1) is 10.7. The van der Waals surface area contributed by atoms with Gasteiger partial charge in [-0.2, -0.15) is 0 Å². The van der Waals surface area contributed by atoms with E-state index in [-0.39, 0.29) is 0 Å². The smallest absolute Gasteiger partial charge is 0.0163 e. The minimum Gasteiger partial charge on any atom is -0.297 e. The number of rotatable bonds is 5. The molecule has 11 heavy (non-hydrogen) atoms. The van der Waals surface area contributed by atoms with E-state index in [0.717, 1.165) is 12.5 Å². The van der Waals surface area contributed by atoms with Gasteiger partial charge in [-0.15, -0.1) is 6.58 Å². The van der Waals surface area contributed by atoms with Crippen LogP contribution >= 0.6 is 0 Å². The summed E-state index contributed by atoms with van der Waals surface area (Å²) in [5.74, 6) is 0.748. The highest BCUT2D eigenvalue weighted by molar-refractivity contribution is 4.76. The number of hydrogen-bond acceptors (Lipinski definition) is 1. The lowest BCUT2D eigenvalue weighted by atomic mass is 10.2. The molecule has 66 valence electrons. The Morgan fingerprint density at radius 3 is 2.09 bits per heavy atom. The van der Waals surface area contributed by atoms with Crippen LogP contribution in [0.25, 0.3) is 0 Å². The first-order chi connectivity index (χ1) is 5.07. The van der Waals surface area contributed by atoms with Gasteiger partial charge in [0.1, 0.15) is 0 Å². The van der Waals surface area contributed by atoms with Gasteiger partial charge in [-0.3, -0.25) is 4.90 Å². The Morgan fingerprint density at radius 1 is 1.27 bits per heavy atom. The van der Waals surface area contributed by atoms with Crippen molar-refractivity contribution in [3.05, 3.63) is 12.7 Å². The standard InChI is InChI=1S/C10H21N/c1-6-7-11(10(4)5)8-9(2)3/h6,9-10H,1,7-8H2,2-5H3. The summed E-state index contributed by atoms with van der Waals surface area (Å²) in [6.07, 6.45) is 1.97. The summed E-state index contributed by atoms with van der Waals surface area (Å²) < 4.78 is 0. The quantitative estimate of drug-likeness (QED) is 0.551. The Kier molecular flexibility index (Phi) is 5.22. The Hall–Kier alpha value is -0.300. The molecule has 0 unspecified atom stereocenters. The van der Waals surface area contributed by atoms with E-state index in [2.05, 4.69) is 39.2 Å². The largest absolute Gasteiger partial charge is 0.297 e. The summed E-state index contributed by atoms with van der Waals surface area (Å²) in [5, 5.41) is 0. The van der Waals surface area contributed by atoms with Crippen LogP contribution in [0.15, 0.2) is 12.7 Å². The third kappa shape index (κ3) is 5.02. The van der Waals surface area contributed by atoms with Gasteiger partial charge >= 0.3 is 0 Å². The van der Waals surface area contributed by atoms with Crippen LogP contribution in [-0.4, -0.2) is 24.0 Å². The van der Waals surface area contributed by atoms with Crippen LogP contribution in [0.5, 0.6) is 0 Å². The summed E-state index contributed by atoms with van der Waals surface area (Å²) in [4.78, 5) is 2.43. The molecular formula is C10H21N. The molecule has 0 bridgehead atoms. The van der Waals surface area contributed by atoms with E-state index < -0.39 is 0 Å². The van der Waals surface area contributed by atoms with Crippen molar-refractivity contribution in [3.8, 4) is 0 Å². The van der Waals surface area contributed by atoms with E-state index in [1.54, 1.807) is 0 Å². The molecule has 1 heteroatoms. The maximum atomic E-state index is 3.75. The molecule has 1 nitrogen and oxygen atoms in total. The van der Waals surface area contributed by atoms with Gasteiger partial charge < -0.3 is 0 Å². The van der Waals surface area contributed by atoms with Crippen molar-refractivity contribution in [3.63, 3.8) is 0 Å². The van der Waals surface area contributed by atoms with Gasteiger partial charge in [-0.1, -0.05) is 19.9 Å². The van der Waals surface area contributed by atoms with Crippen LogP contribution in [-0.2, 0) is 0 Å². The van der Waals surface area contributed by atoms with Crippen molar-refractivity contribution in [2.75, 3.05) is 13.1 Å². The molecule has 0 fully saturated rings. The first-order valence-corrected chi connectivity index (χ1v) is 4.42. The van der Waals surface area contributed by atoms with Crippen LogP contribution in [0.2, 0.25) is 0 Å². The minimum absolute atomic E-state index is 0.635. The lowest BCUT2D eigenvalue weighted by molar-refractivity contribution is 0.219. The molecule has 0 aromatic rings.